The van der Waals surface area contributed by atoms with Gasteiger partial charge in [0.15, 0.2) is 18.9 Å². The molecule has 11 rings (SSSR count). The van der Waals surface area contributed by atoms with Gasteiger partial charge in [-0.2, -0.15) is 0 Å². The predicted octanol–water partition coefficient (Wildman–Crippen LogP) is 0.842. The first kappa shape index (κ1) is 56.1. The number of aliphatic hydroxyl groups is 9. The molecule has 19 nitrogen and oxygen atoms in total. The van der Waals surface area contributed by atoms with Gasteiger partial charge in [0.2, 0.25) is 11.8 Å². The Bertz CT molecular complexity index is 1680. The average Bonchev–Trinajstić information content (AvgIpc) is 3.26. The van der Waals surface area contributed by atoms with Crippen LogP contribution in [0, 0.1) is 57.2 Å². The summed E-state index contributed by atoms with van der Waals surface area (Å²) in [6.45, 7) is 7.57. The third-order valence-electron chi connectivity index (χ3n) is 18.0. The summed E-state index contributed by atoms with van der Waals surface area (Å²) < 4.78 is 33.6. The number of carbonyl (C=O) groups excluding carboxylic acids is 2. The Morgan fingerprint density at radius 1 is 0.529 bits per heavy atom. The molecule has 0 aromatic rings. The van der Waals surface area contributed by atoms with Crippen LogP contribution in [0.4, 0.5) is 0 Å². The molecular formula is C51H88N2O17. The van der Waals surface area contributed by atoms with Crippen LogP contribution in [0.5, 0.6) is 0 Å². The summed E-state index contributed by atoms with van der Waals surface area (Å²) in [4.78, 5) is 25.5. The highest BCUT2D eigenvalue weighted by Gasteiger charge is 2.60. The molecule has 11 fully saturated rings. The van der Waals surface area contributed by atoms with Crippen molar-refractivity contribution in [3.63, 3.8) is 0 Å². The fourth-order valence-electron chi connectivity index (χ4n) is 16.2. The number of aliphatic hydroxyl groups excluding tert-OH is 9. The molecule has 8 bridgehead atoms. The molecule has 0 aromatic carbocycles. The van der Waals surface area contributed by atoms with Crippen LogP contribution in [0.25, 0.3) is 0 Å². The molecule has 404 valence electrons. The van der Waals surface area contributed by atoms with Crippen LogP contribution in [0.3, 0.4) is 0 Å². The first-order valence-corrected chi connectivity index (χ1v) is 26.0. The van der Waals surface area contributed by atoms with Crippen molar-refractivity contribution in [3.8, 4) is 0 Å². The van der Waals surface area contributed by atoms with Crippen molar-refractivity contribution in [2.75, 3.05) is 46.1 Å². The van der Waals surface area contributed by atoms with Crippen LogP contribution in [0.2, 0.25) is 0 Å². The minimum absolute atomic E-state index is 0. The Morgan fingerprint density at radius 2 is 0.929 bits per heavy atom. The first-order valence-electron chi connectivity index (χ1n) is 26.0. The van der Waals surface area contributed by atoms with E-state index in [1.807, 2.05) is 0 Å². The molecule has 8 unspecified atom stereocenters. The van der Waals surface area contributed by atoms with Crippen molar-refractivity contribution < 1.29 is 84.0 Å². The van der Waals surface area contributed by atoms with E-state index in [4.69, 9.17) is 28.4 Å². The maximum Gasteiger partial charge on any atom is 0.220 e. The van der Waals surface area contributed by atoms with Gasteiger partial charge < -0.3 is 85.0 Å². The predicted molar refractivity (Wildman–Crippen MR) is 251 cm³/mol. The Morgan fingerprint density at radius 3 is 1.39 bits per heavy atom. The van der Waals surface area contributed by atoms with Crippen molar-refractivity contribution in [2.24, 2.45) is 57.2 Å². The van der Waals surface area contributed by atoms with Crippen LogP contribution in [-0.2, 0) is 38.0 Å². The highest BCUT2D eigenvalue weighted by Crippen LogP contribution is 2.70. The van der Waals surface area contributed by atoms with Gasteiger partial charge in [0.1, 0.15) is 36.6 Å². The van der Waals surface area contributed by atoms with Gasteiger partial charge in [-0.3, -0.25) is 9.59 Å². The lowest BCUT2D eigenvalue weighted by atomic mass is 9.40. The maximum atomic E-state index is 12.9. The molecule has 17 atom stereocenters. The number of ether oxygens (including phenoxy) is 6. The number of hydrogen-bond donors (Lipinski definition) is 11. The summed E-state index contributed by atoms with van der Waals surface area (Å²) in [6, 6.07) is 0. The third kappa shape index (κ3) is 12.2. The van der Waals surface area contributed by atoms with Crippen LogP contribution < -0.4 is 10.6 Å². The Labute approximate surface area is 413 Å². The molecule has 2 amide bonds. The molecule has 0 aromatic heterocycles. The van der Waals surface area contributed by atoms with Crippen molar-refractivity contribution in [1.82, 2.24) is 10.6 Å². The standard InChI is InChI=1S/C29H49NO11.C21H35NO6.CH4/c1-15-17(10-31)39-26(22(36)20(15)34)41-24-18(11-32)40-25(23(37)21(24)35)38-5-4-30-19(33)9-29-8-16-6-27(2,13-29)12-28(3,7-16)14-29;1-12-16(11-23)28-20(19(26)18(12)25)27-3-2-22-17(24)10-21-7-13-4-14(8-21)6-15(5-13)9-21;/h15-18,20-26,31-32,34-37H,4-14H2,1-3H3,(H,30,33);12-16,18-20,23,25-26H,2-11H2,1H3,(H,22,24);1H4/t15-,16?,17?,18?,20?,21?,22+,23+,24-,25-,26-,27?,28?,29?;12-,13?,14?,15?,16?,18?,19+,20-,21?;/m00./s1. The van der Waals surface area contributed by atoms with Crippen molar-refractivity contribution in [3.05, 3.63) is 0 Å². The molecule has 0 radical (unpaired) electrons. The number of nitrogens with one attached hydrogen (secondary N) is 2. The number of rotatable bonds is 17. The number of carbonyl (C=O) groups is 2. The van der Waals surface area contributed by atoms with Gasteiger partial charge in [0.25, 0.3) is 0 Å². The van der Waals surface area contributed by atoms with E-state index in [2.05, 4.69) is 24.5 Å². The fourth-order valence-corrected chi connectivity index (χ4v) is 16.2. The topological polar surface area (TPSA) is 296 Å². The van der Waals surface area contributed by atoms with Gasteiger partial charge in [0, 0.05) is 37.8 Å². The largest absolute Gasteiger partial charge is 0.394 e. The summed E-state index contributed by atoms with van der Waals surface area (Å²) in [5.74, 6) is 2.33. The molecule has 19 heteroatoms. The van der Waals surface area contributed by atoms with Gasteiger partial charge in [-0.1, -0.05) is 35.1 Å². The molecule has 11 aliphatic rings. The van der Waals surface area contributed by atoms with Gasteiger partial charge >= 0.3 is 0 Å². The minimum Gasteiger partial charge on any atom is -0.394 e. The van der Waals surface area contributed by atoms with E-state index >= 15 is 0 Å². The zero-order valence-electron chi connectivity index (χ0n) is 41.1. The van der Waals surface area contributed by atoms with E-state index in [1.54, 1.807) is 13.8 Å². The smallest absolute Gasteiger partial charge is 0.220 e. The highest BCUT2D eigenvalue weighted by molar-refractivity contribution is 5.77. The molecule has 3 heterocycles. The van der Waals surface area contributed by atoms with Crippen LogP contribution in [-0.4, -0.2) is 184 Å². The molecular weight excluding hydrogens is 913 g/mol. The molecule has 70 heavy (non-hydrogen) atoms. The second-order valence-electron chi connectivity index (χ2n) is 24.3. The Balaban J connectivity index is 0.000000218. The second kappa shape index (κ2) is 22.7. The van der Waals surface area contributed by atoms with Gasteiger partial charge in [-0.15, -0.1) is 0 Å². The normalized spacial score (nSPS) is 48.8. The quantitative estimate of drug-likeness (QED) is 0.0901. The zero-order valence-corrected chi connectivity index (χ0v) is 41.1. The van der Waals surface area contributed by atoms with E-state index in [0.29, 0.717) is 36.1 Å². The van der Waals surface area contributed by atoms with Crippen LogP contribution in [0.15, 0.2) is 0 Å². The number of amides is 2. The van der Waals surface area contributed by atoms with Crippen LogP contribution in [0.1, 0.15) is 125 Å². The molecule has 3 saturated heterocycles. The summed E-state index contributed by atoms with van der Waals surface area (Å²) in [6.07, 6.45) is 0.321. The lowest BCUT2D eigenvalue weighted by Crippen LogP contribution is -2.63. The van der Waals surface area contributed by atoms with E-state index in [9.17, 15) is 55.5 Å². The second-order valence-corrected chi connectivity index (χ2v) is 24.3. The molecule has 0 spiro atoms. The lowest BCUT2D eigenvalue weighted by Gasteiger charge is -2.65. The summed E-state index contributed by atoms with van der Waals surface area (Å²) in [7, 11) is 0. The van der Waals surface area contributed by atoms with Crippen molar-refractivity contribution in [1.29, 1.82) is 0 Å². The van der Waals surface area contributed by atoms with Gasteiger partial charge in [-0.25, -0.2) is 0 Å². The van der Waals surface area contributed by atoms with Crippen molar-refractivity contribution in [2.45, 2.75) is 205 Å². The van der Waals surface area contributed by atoms with E-state index in [1.165, 1.54) is 57.8 Å². The SMILES string of the molecule is C.C[C@H]1C(CO)O[C@@H](O[C@H]2C(CO)O[C@H](OCCNC(=O)CC34CC5CC(C)(CC(C)(C5)C3)C4)[C@H](O)C2O)[C@H](O)C1O.C[C@H]1C(CO)O[C@H](OCCNC(=O)CC23CC4CC(CC(C4)C2)C3)[C@H](O)C1O. The molecule has 11 N–H and O–H groups in total. The van der Waals surface area contributed by atoms with Crippen LogP contribution >= 0.6 is 0 Å². The number of hydrogen-bond acceptors (Lipinski definition) is 17. The average molecular weight is 1000 g/mol. The third-order valence-corrected chi connectivity index (χ3v) is 18.0. The summed E-state index contributed by atoms with van der Waals surface area (Å²) >= 11 is 0. The highest BCUT2D eigenvalue weighted by atomic mass is 16.7. The van der Waals surface area contributed by atoms with Gasteiger partial charge in [0.05, 0.1) is 57.5 Å². The lowest BCUT2D eigenvalue weighted by molar-refractivity contribution is -0.355. The monoisotopic (exact) mass is 1000 g/mol. The van der Waals surface area contributed by atoms with E-state index < -0.39 is 99.0 Å². The Hall–Kier alpha value is -1.66. The van der Waals surface area contributed by atoms with E-state index in [0.717, 1.165) is 37.0 Å². The minimum atomic E-state index is -1.58. The fraction of sp³-hybridized carbons (Fsp3) is 0.961. The van der Waals surface area contributed by atoms with Crippen molar-refractivity contribution >= 4 is 11.8 Å². The molecule has 3 aliphatic heterocycles. The van der Waals surface area contributed by atoms with Gasteiger partial charge in [-0.05, 0) is 122 Å². The molecule has 8 saturated carbocycles. The first-order chi connectivity index (χ1) is 32.7. The molecule has 8 aliphatic carbocycles. The summed E-state index contributed by atoms with van der Waals surface area (Å²) in [5, 5.41) is 97.0. The zero-order chi connectivity index (χ0) is 49.6. The Kier molecular flexibility index (Phi) is 18.2. The maximum absolute atomic E-state index is 12.9. The van der Waals surface area contributed by atoms with E-state index in [-0.39, 0.29) is 62.4 Å². The summed E-state index contributed by atoms with van der Waals surface area (Å²) in [5.41, 5.74) is 0.942.